The van der Waals surface area contributed by atoms with Gasteiger partial charge in [-0.25, -0.2) is 0 Å². The van der Waals surface area contributed by atoms with E-state index in [1.165, 1.54) is 11.8 Å². The summed E-state index contributed by atoms with van der Waals surface area (Å²) in [6, 6.07) is 11.8. The molecule has 3 rings (SSSR count). The summed E-state index contributed by atoms with van der Waals surface area (Å²) >= 11 is 1.35. The second-order valence-electron chi connectivity index (χ2n) is 5.80. The minimum Gasteiger partial charge on any atom is -0.383 e. The number of thioether (sulfide) groups is 1. The second kappa shape index (κ2) is 9.29. The Balaban J connectivity index is 1.89. The number of nitrogens with zero attached hydrogens (tertiary/aromatic N) is 4. The molecule has 0 saturated heterocycles. The molecule has 0 spiro atoms. The van der Waals surface area contributed by atoms with Gasteiger partial charge in [0.15, 0.2) is 11.0 Å². The summed E-state index contributed by atoms with van der Waals surface area (Å²) < 4.78 is 6.93. The molecule has 1 amide bonds. The van der Waals surface area contributed by atoms with E-state index in [0.717, 1.165) is 16.8 Å². The third-order valence-electron chi connectivity index (χ3n) is 3.89. The molecule has 0 radical (unpaired) electrons. The fourth-order valence-corrected chi connectivity index (χ4v) is 3.33. The van der Waals surface area contributed by atoms with Crippen molar-refractivity contribution in [1.82, 2.24) is 25.1 Å². The van der Waals surface area contributed by atoms with E-state index in [1.807, 2.05) is 47.9 Å². The van der Waals surface area contributed by atoms with Crippen LogP contribution in [0, 0.1) is 6.92 Å². The molecule has 8 heteroatoms. The number of benzene rings is 1. The molecule has 0 aliphatic carbocycles. The smallest absolute Gasteiger partial charge is 0.230 e. The number of hydrogen-bond acceptors (Lipinski definition) is 6. The van der Waals surface area contributed by atoms with E-state index in [0.29, 0.717) is 24.1 Å². The van der Waals surface area contributed by atoms with Crippen LogP contribution in [0.5, 0.6) is 0 Å². The van der Waals surface area contributed by atoms with Crippen molar-refractivity contribution in [1.29, 1.82) is 0 Å². The molecule has 2 heterocycles. The Morgan fingerprint density at radius 2 is 1.96 bits per heavy atom. The van der Waals surface area contributed by atoms with Crippen LogP contribution in [0.2, 0.25) is 0 Å². The summed E-state index contributed by atoms with van der Waals surface area (Å²) in [5.74, 6) is 0.903. The van der Waals surface area contributed by atoms with Crippen LogP contribution in [0.4, 0.5) is 0 Å². The van der Waals surface area contributed by atoms with Gasteiger partial charge in [0.25, 0.3) is 0 Å². The van der Waals surface area contributed by atoms with Crippen LogP contribution in [-0.4, -0.2) is 51.7 Å². The monoisotopic (exact) mass is 383 g/mol. The van der Waals surface area contributed by atoms with Crippen molar-refractivity contribution in [3.8, 4) is 17.1 Å². The van der Waals surface area contributed by atoms with Crippen LogP contribution in [0.3, 0.4) is 0 Å². The van der Waals surface area contributed by atoms with E-state index in [2.05, 4.69) is 20.5 Å². The summed E-state index contributed by atoms with van der Waals surface area (Å²) in [4.78, 5) is 16.1. The lowest BCUT2D eigenvalue weighted by Crippen LogP contribution is -2.28. The molecular weight excluding hydrogens is 362 g/mol. The van der Waals surface area contributed by atoms with Crippen LogP contribution in [0.15, 0.2) is 53.9 Å². The molecule has 1 N–H and O–H groups in total. The Hall–Kier alpha value is -2.71. The molecular formula is C19H21N5O2S. The Morgan fingerprint density at radius 1 is 1.19 bits per heavy atom. The van der Waals surface area contributed by atoms with Gasteiger partial charge in [0, 0.05) is 31.6 Å². The Bertz CT molecular complexity index is 898. The van der Waals surface area contributed by atoms with Gasteiger partial charge in [-0.2, -0.15) is 0 Å². The van der Waals surface area contributed by atoms with E-state index < -0.39 is 0 Å². The number of pyridine rings is 1. The number of carbonyl (C=O) groups excluding carboxylic acids is 1. The summed E-state index contributed by atoms with van der Waals surface area (Å²) in [5, 5.41) is 12.2. The molecule has 0 aliphatic heterocycles. The third-order valence-corrected chi connectivity index (χ3v) is 4.82. The minimum atomic E-state index is -0.0677. The Labute approximate surface area is 162 Å². The number of aryl methyl sites for hydroxylation is 1. The van der Waals surface area contributed by atoms with Gasteiger partial charge in [-0.3, -0.25) is 14.3 Å². The normalized spacial score (nSPS) is 10.7. The Morgan fingerprint density at radius 3 is 2.70 bits per heavy atom. The first-order valence-corrected chi connectivity index (χ1v) is 9.49. The van der Waals surface area contributed by atoms with E-state index in [1.54, 1.807) is 19.5 Å². The Kier molecular flexibility index (Phi) is 6.56. The maximum Gasteiger partial charge on any atom is 0.230 e. The van der Waals surface area contributed by atoms with Crippen molar-refractivity contribution in [2.24, 2.45) is 0 Å². The SMILES string of the molecule is COCCNC(=O)CSc1nnc(-c2ccncc2)n1-c1ccccc1C. The highest BCUT2D eigenvalue weighted by atomic mass is 32.2. The van der Waals surface area contributed by atoms with Gasteiger partial charge in [0.1, 0.15) is 0 Å². The third kappa shape index (κ3) is 4.72. The predicted octanol–water partition coefficient (Wildman–Crippen LogP) is 2.49. The lowest BCUT2D eigenvalue weighted by atomic mass is 10.2. The zero-order valence-electron chi connectivity index (χ0n) is 15.3. The van der Waals surface area contributed by atoms with Crippen LogP contribution in [-0.2, 0) is 9.53 Å². The van der Waals surface area contributed by atoms with Crippen molar-refractivity contribution in [2.45, 2.75) is 12.1 Å². The van der Waals surface area contributed by atoms with E-state index >= 15 is 0 Å². The number of rotatable bonds is 8. The molecule has 1 aromatic carbocycles. The average molecular weight is 383 g/mol. The number of para-hydroxylation sites is 1. The number of hydrogen-bond donors (Lipinski definition) is 1. The first kappa shape index (κ1) is 19.1. The first-order valence-electron chi connectivity index (χ1n) is 8.51. The molecule has 0 saturated carbocycles. The minimum absolute atomic E-state index is 0.0677. The van der Waals surface area contributed by atoms with Crippen molar-refractivity contribution >= 4 is 17.7 Å². The lowest BCUT2D eigenvalue weighted by Gasteiger charge is -2.12. The van der Waals surface area contributed by atoms with Gasteiger partial charge < -0.3 is 10.1 Å². The summed E-state index contributed by atoms with van der Waals surface area (Å²) in [6.45, 7) is 3.02. The molecule has 140 valence electrons. The molecule has 0 bridgehead atoms. The van der Waals surface area contributed by atoms with Crippen molar-refractivity contribution in [2.75, 3.05) is 26.0 Å². The van der Waals surface area contributed by atoms with Crippen molar-refractivity contribution in [3.63, 3.8) is 0 Å². The van der Waals surface area contributed by atoms with Crippen LogP contribution in [0.25, 0.3) is 17.1 Å². The number of aromatic nitrogens is 4. The maximum atomic E-state index is 12.0. The zero-order valence-corrected chi connectivity index (χ0v) is 16.1. The standard InChI is InChI=1S/C19H21N5O2S/c1-14-5-3-4-6-16(14)24-18(15-7-9-20-10-8-15)22-23-19(24)27-13-17(25)21-11-12-26-2/h3-10H,11-13H2,1-2H3,(H,21,25). The fraction of sp³-hybridized carbons (Fsp3) is 0.263. The zero-order chi connectivity index (χ0) is 19.1. The number of amides is 1. The predicted molar refractivity (Wildman–Crippen MR) is 105 cm³/mol. The van der Waals surface area contributed by atoms with Gasteiger partial charge in [-0.05, 0) is 30.7 Å². The maximum absolute atomic E-state index is 12.0. The molecule has 27 heavy (non-hydrogen) atoms. The lowest BCUT2D eigenvalue weighted by molar-refractivity contribution is -0.118. The average Bonchev–Trinajstić information content (AvgIpc) is 3.11. The summed E-state index contributed by atoms with van der Waals surface area (Å²) in [5.41, 5.74) is 2.99. The summed E-state index contributed by atoms with van der Waals surface area (Å²) in [7, 11) is 1.60. The number of methoxy groups -OCH3 is 1. The molecule has 0 atom stereocenters. The molecule has 2 aromatic heterocycles. The molecule has 0 unspecified atom stereocenters. The quantitative estimate of drug-likeness (QED) is 0.475. The van der Waals surface area contributed by atoms with Crippen LogP contribution < -0.4 is 5.32 Å². The number of ether oxygens (including phenoxy) is 1. The van der Waals surface area contributed by atoms with Crippen molar-refractivity contribution in [3.05, 3.63) is 54.4 Å². The number of nitrogens with one attached hydrogen (secondary N) is 1. The highest BCUT2D eigenvalue weighted by Gasteiger charge is 2.18. The van der Waals surface area contributed by atoms with Gasteiger partial charge in [-0.1, -0.05) is 30.0 Å². The molecule has 0 fully saturated rings. The van der Waals surface area contributed by atoms with Crippen molar-refractivity contribution < 1.29 is 9.53 Å². The van der Waals surface area contributed by atoms with E-state index in [-0.39, 0.29) is 11.7 Å². The highest BCUT2D eigenvalue weighted by Crippen LogP contribution is 2.29. The van der Waals surface area contributed by atoms with Crippen LogP contribution >= 0.6 is 11.8 Å². The van der Waals surface area contributed by atoms with Gasteiger partial charge in [-0.15, -0.1) is 10.2 Å². The number of carbonyl (C=O) groups is 1. The largest absolute Gasteiger partial charge is 0.383 e. The van der Waals surface area contributed by atoms with E-state index in [9.17, 15) is 4.79 Å². The molecule has 3 aromatic rings. The van der Waals surface area contributed by atoms with E-state index in [4.69, 9.17) is 4.74 Å². The van der Waals surface area contributed by atoms with Crippen LogP contribution in [0.1, 0.15) is 5.56 Å². The topological polar surface area (TPSA) is 81.9 Å². The first-order chi connectivity index (χ1) is 13.2. The van der Waals surface area contributed by atoms with Gasteiger partial charge >= 0.3 is 0 Å². The molecule has 0 aliphatic rings. The molecule has 7 nitrogen and oxygen atoms in total. The highest BCUT2D eigenvalue weighted by molar-refractivity contribution is 7.99. The summed E-state index contributed by atoms with van der Waals surface area (Å²) in [6.07, 6.45) is 3.45. The van der Waals surface area contributed by atoms with Gasteiger partial charge in [0.2, 0.25) is 5.91 Å². The second-order valence-corrected chi connectivity index (χ2v) is 6.74. The van der Waals surface area contributed by atoms with Gasteiger partial charge in [0.05, 0.1) is 18.0 Å². The fourth-order valence-electron chi connectivity index (χ4n) is 2.56.